The van der Waals surface area contributed by atoms with E-state index in [1.165, 1.54) is 21.3 Å². The molecule has 0 saturated heterocycles. The highest BCUT2D eigenvalue weighted by Crippen LogP contribution is 2.29. The summed E-state index contributed by atoms with van der Waals surface area (Å²) in [5.41, 5.74) is 0.862. The van der Waals surface area contributed by atoms with E-state index >= 15 is 0 Å². The number of anilines is 2. The van der Waals surface area contributed by atoms with Gasteiger partial charge in [0.2, 0.25) is 5.91 Å². The summed E-state index contributed by atoms with van der Waals surface area (Å²) in [5.74, 6) is 0.0439. The predicted molar refractivity (Wildman–Crippen MR) is 120 cm³/mol. The van der Waals surface area contributed by atoms with E-state index < -0.39 is 18.5 Å². The Morgan fingerprint density at radius 1 is 0.812 bits per heavy atom. The third-order valence-corrected chi connectivity index (χ3v) is 4.50. The summed E-state index contributed by atoms with van der Waals surface area (Å²) in [6.07, 6.45) is 0.320. The van der Waals surface area contributed by atoms with Crippen molar-refractivity contribution >= 4 is 40.8 Å². The van der Waals surface area contributed by atoms with Gasteiger partial charge in [-0.15, -0.1) is 0 Å². The summed E-state index contributed by atoms with van der Waals surface area (Å²) < 4.78 is 20.4. The lowest BCUT2D eigenvalue weighted by Crippen LogP contribution is -2.21. The van der Waals surface area contributed by atoms with Crippen molar-refractivity contribution in [3.8, 4) is 17.2 Å². The summed E-state index contributed by atoms with van der Waals surface area (Å²) in [6.45, 7) is -0.458. The quantitative estimate of drug-likeness (QED) is 0.488. The van der Waals surface area contributed by atoms with Gasteiger partial charge in [0, 0.05) is 23.9 Å². The van der Waals surface area contributed by atoms with Crippen LogP contribution in [0.1, 0.15) is 19.3 Å². The predicted octanol–water partition coefficient (Wildman–Crippen LogP) is 3.66. The van der Waals surface area contributed by atoms with E-state index in [0.29, 0.717) is 33.6 Å². The van der Waals surface area contributed by atoms with Gasteiger partial charge in [0.25, 0.3) is 5.91 Å². The maximum absolute atomic E-state index is 12.1. The molecule has 0 spiro atoms. The lowest BCUT2D eigenvalue weighted by Gasteiger charge is -2.12. The van der Waals surface area contributed by atoms with Crippen LogP contribution in [-0.4, -0.2) is 45.7 Å². The lowest BCUT2D eigenvalue weighted by atomic mass is 10.2. The molecular weight excluding hydrogens is 440 g/mol. The Labute approximate surface area is 190 Å². The zero-order valence-electron chi connectivity index (χ0n) is 18.0. The van der Waals surface area contributed by atoms with Gasteiger partial charge in [-0.1, -0.05) is 11.6 Å². The number of carbonyl (C=O) groups is 3. The molecule has 0 fully saturated rings. The van der Waals surface area contributed by atoms with Crippen LogP contribution < -0.4 is 24.8 Å². The van der Waals surface area contributed by atoms with Gasteiger partial charge in [0.15, 0.2) is 6.61 Å². The number of hydrogen-bond acceptors (Lipinski definition) is 7. The van der Waals surface area contributed by atoms with Gasteiger partial charge >= 0.3 is 5.97 Å². The molecule has 0 saturated carbocycles. The smallest absolute Gasteiger partial charge is 0.306 e. The van der Waals surface area contributed by atoms with E-state index in [4.69, 9.17) is 30.5 Å². The third kappa shape index (κ3) is 7.66. The number of hydrogen-bond donors (Lipinski definition) is 2. The maximum atomic E-state index is 12.1. The van der Waals surface area contributed by atoms with Gasteiger partial charge < -0.3 is 29.6 Å². The number of esters is 1. The molecule has 2 aromatic carbocycles. The van der Waals surface area contributed by atoms with Crippen LogP contribution in [0.5, 0.6) is 17.2 Å². The Hall–Kier alpha value is -3.46. The number of methoxy groups -OCH3 is 3. The Bertz CT molecular complexity index is 965. The molecule has 10 heteroatoms. The molecule has 2 amide bonds. The number of ether oxygens (including phenoxy) is 4. The molecule has 0 aliphatic heterocycles. The number of nitrogens with one attached hydrogen (secondary N) is 2. The van der Waals surface area contributed by atoms with E-state index in [1.54, 1.807) is 36.4 Å². The van der Waals surface area contributed by atoms with Crippen LogP contribution in [0.4, 0.5) is 11.4 Å². The summed E-state index contributed by atoms with van der Waals surface area (Å²) in [6, 6.07) is 9.75. The largest absolute Gasteiger partial charge is 0.497 e. The summed E-state index contributed by atoms with van der Waals surface area (Å²) in [7, 11) is 4.46. The fraction of sp³-hybridized carbons (Fsp3) is 0.318. The Morgan fingerprint density at radius 3 is 2.22 bits per heavy atom. The van der Waals surface area contributed by atoms with Crippen molar-refractivity contribution in [3.63, 3.8) is 0 Å². The molecule has 0 radical (unpaired) electrons. The molecule has 172 valence electrons. The van der Waals surface area contributed by atoms with Crippen LogP contribution >= 0.6 is 11.6 Å². The number of amides is 2. The highest BCUT2D eigenvalue weighted by Gasteiger charge is 2.13. The number of rotatable bonds is 11. The highest BCUT2D eigenvalue weighted by atomic mass is 35.5. The lowest BCUT2D eigenvalue weighted by molar-refractivity contribution is -0.147. The fourth-order valence-electron chi connectivity index (χ4n) is 2.69. The van der Waals surface area contributed by atoms with Crippen LogP contribution in [0.3, 0.4) is 0 Å². The summed E-state index contributed by atoms with van der Waals surface area (Å²) in [5, 5.41) is 5.74. The number of carbonyl (C=O) groups excluding carboxylic acids is 3. The Balaban J connectivity index is 1.73. The fourth-order valence-corrected chi connectivity index (χ4v) is 2.86. The number of halogens is 1. The molecule has 0 aliphatic rings. The molecule has 2 N–H and O–H groups in total. The van der Waals surface area contributed by atoms with E-state index in [0.717, 1.165) is 0 Å². The van der Waals surface area contributed by atoms with Crippen LogP contribution in [0.15, 0.2) is 36.4 Å². The first kappa shape index (κ1) is 24.8. The van der Waals surface area contributed by atoms with Crippen molar-refractivity contribution < 1.29 is 33.3 Å². The Morgan fingerprint density at radius 2 is 1.53 bits per heavy atom. The first-order valence-electron chi connectivity index (χ1n) is 9.67. The van der Waals surface area contributed by atoms with Crippen molar-refractivity contribution in [2.24, 2.45) is 0 Å². The van der Waals surface area contributed by atoms with E-state index in [1.807, 2.05) is 0 Å². The maximum Gasteiger partial charge on any atom is 0.306 e. The van der Waals surface area contributed by atoms with Gasteiger partial charge in [0.05, 0.1) is 32.7 Å². The first-order valence-corrected chi connectivity index (χ1v) is 10.0. The second kappa shape index (κ2) is 12.4. The van der Waals surface area contributed by atoms with Gasteiger partial charge in [-0.2, -0.15) is 0 Å². The summed E-state index contributed by atoms with van der Waals surface area (Å²) in [4.78, 5) is 36.0. The molecule has 9 nitrogen and oxygen atoms in total. The van der Waals surface area contributed by atoms with Crippen LogP contribution in [0, 0.1) is 0 Å². The number of benzene rings is 2. The standard InChI is InChI=1S/C22H25ClN2O7/c1-29-15-8-9-16(19(12-15)31-3)24-21(27)13-32-22(28)6-4-5-20(26)25-17-11-14(23)7-10-18(17)30-2/h7-12H,4-6,13H2,1-3H3,(H,24,27)(H,25,26). The molecule has 32 heavy (non-hydrogen) atoms. The molecule has 2 aromatic rings. The van der Waals surface area contributed by atoms with E-state index in [2.05, 4.69) is 10.6 Å². The molecule has 0 aliphatic carbocycles. The van der Waals surface area contributed by atoms with Gasteiger partial charge in [-0.25, -0.2) is 0 Å². The minimum atomic E-state index is -0.588. The topological polar surface area (TPSA) is 112 Å². The van der Waals surface area contributed by atoms with Crippen molar-refractivity contribution in [3.05, 3.63) is 41.4 Å². The van der Waals surface area contributed by atoms with Crippen molar-refractivity contribution in [2.75, 3.05) is 38.6 Å². The first-order chi connectivity index (χ1) is 15.4. The SMILES string of the molecule is COc1ccc(NC(=O)COC(=O)CCCC(=O)Nc2cc(Cl)ccc2OC)c(OC)c1. The van der Waals surface area contributed by atoms with Gasteiger partial charge in [0.1, 0.15) is 17.2 Å². The third-order valence-electron chi connectivity index (χ3n) is 4.27. The van der Waals surface area contributed by atoms with Crippen LogP contribution in [0.2, 0.25) is 5.02 Å². The molecule has 0 atom stereocenters. The second-order valence-corrected chi connectivity index (χ2v) is 6.96. The molecule has 2 rings (SSSR count). The monoisotopic (exact) mass is 464 g/mol. The molecule has 0 bridgehead atoms. The van der Waals surface area contributed by atoms with Crippen molar-refractivity contribution in [1.82, 2.24) is 0 Å². The molecule has 0 heterocycles. The molecular formula is C22H25ClN2O7. The van der Waals surface area contributed by atoms with Crippen molar-refractivity contribution in [1.29, 1.82) is 0 Å². The zero-order chi connectivity index (χ0) is 23.5. The minimum absolute atomic E-state index is 0.0146. The molecule has 0 aromatic heterocycles. The average molecular weight is 465 g/mol. The van der Waals surface area contributed by atoms with Gasteiger partial charge in [-0.3, -0.25) is 14.4 Å². The second-order valence-electron chi connectivity index (χ2n) is 6.52. The van der Waals surface area contributed by atoms with Crippen LogP contribution in [-0.2, 0) is 19.1 Å². The summed E-state index contributed by atoms with van der Waals surface area (Å²) >= 11 is 5.93. The average Bonchev–Trinajstić information content (AvgIpc) is 2.78. The molecule has 0 unspecified atom stereocenters. The van der Waals surface area contributed by atoms with E-state index in [-0.39, 0.29) is 25.2 Å². The highest BCUT2D eigenvalue weighted by molar-refractivity contribution is 6.31. The van der Waals surface area contributed by atoms with Crippen molar-refractivity contribution in [2.45, 2.75) is 19.3 Å². The Kier molecular flexibility index (Phi) is 9.62. The zero-order valence-corrected chi connectivity index (χ0v) is 18.8. The van der Waals surface area contributed by atoms with Gasteiger partial charge in [-0.05, 0) is 36.8 Å². The minimum Gasteiger partial charge on any atom is -0.497 e. The van der Waals surface area contributed by atoms with Crippen LogP contribution in [0.25, 0.3) is 0 Å². The van der Waals surface area contributed by atoms with E-state index in [9.17, 15) is 14.4 Å². The normalized spacial score (nSPS) is 10.1.